The first-order valence-electron chi connectivity index (χ1n) is 9.04. The van der Waals surface area contributed by atoms with E-state index in [4.69, 9.17) is 16.3 Å². The quantitative estimate of drug-likeness (QED) is 0.448. The van der Waals surface area contributed by atoms with Crippen LogP contribution in [0.4, 0.5) is 5.69 Å². The summed E-state index contributed by atoms with van der Waals surface area (Å²) < 4.78 is 6.81. The van der Waals surface area contributed by atoms with Gasteiger partial charge in [0.2, 0.25) is 0 Å². The third-order valence-electron chi connectivity index (χ3n) is 4.11. The summed E-state index contributed by atoms with van der Waals surface area (Å²) in [6.45, 7) is 1.63. The molecule has 2 amide bonds. The molecule has 30 heavy (non-hydrogen) atoms. The van der Waals surface area contributed by atoms with Gasteiger partial charge in [0.15, 0.2) is 6.61 Å². The number of aromatic nitrogens is 2. The van der Waals surface area contributed by atoms with Crippen LogP contribution in [-0.2, 0) is 11.8 Å². The molecule has 8 nitrogen and oxygen atoms in total. The number of hydrogen-bond donors (Lipinski definition) is 2. The van der Waals surface area contributed by atoms with Crippen molar-refractivity contribution in [3.8, 4) is 5.75 Å². The Hall–Kier alpha value is -3.65. The zero-order valence-corrected chi connectivity index (χ0v) is 17.2. The van der Waals surface area contributed by atoms with Gasteiger partial charge in [-0.05, 0) is 36.8 Å². The Bertz CT molecular complexity index is 1060. The van der Waals surface area contributed by atoms with E-state index in [0.29, 0.717) is 17.1 Å². The number of benzene rings is 2. The Kier molecular flexibility index (Phi) is 6.82. The largest absolute Gasteiger partial charge is 0.484 e. The molecule has 9 heteroatoms. The van der Waals surface area contributed by atoms with Gasteiger partial charge in [-0.25, -0.2) is 5.43 Å². The van der Waals surface area contributed by atoms with Crippen molar-refractivity contribution in [3.63, 3.8) is 0 Å². The molecule has 0 aliphatic carbocycles. The maximum absolute atomic E-state index is 12.3. The number of hydrogen-bond acceptors (Lipinski definition) is 5. The maximum Gasteiger partial charge on any atom is 0.291 e. The molecule has 2 N–H and O–H groups in total. The fourth-order valence-electron chi connectivity index (χ4n) is 2.60. The van der Waals surface area contributed by atoms with E-state index in [2.05, 4.69) is 20.9 Å². The van der Waals surface area contributed by atoms with Gasteiger partial charge < -0.3 is 10.1 Å². The first-order valence-corrected chi connectivity index (χ1v) is 9.42. The number of rotatable bonds is 7. The molecule has 0 unspecified atom stereocenters. The second-order valence-corrected chi connectivity index (χ2v) is 6.74. The number of amides is 2. The number of hydrazone groups is 1. The Morgan fingerprint density at radius 2 is 1.93 bits per heavy atom. The third-order valence-corrected chi connectivity index (χ3v) is 4.39. The Balaban J connectivity index is 1.60. The SMILES string of the molecule is C/C(=N\NC(=O)c1c(Cl)cnn1C)c1cccc(NC(=O)COc2ccccc2)c1. The summed E-state index contributed by atoms with van der Waals surface area (Å²) in [4.78, 5) is 24.4. The second kappa shape index (κ2) is 9.71. The number of carbonyl (C=O) groups is 2. The first-order chi connectivity index (χ1) is 14.4. The van der Waals surface area contributed by atoms with Gasteiger partial charge in [0.1, 0.15) is 11.4 Å². The number of aryl methyl sites for hydroxylation is 1. The van der Waals surface area contributed by atoms with Crippen molar-refractivity contribution in [2.45, 2.75) is 6.92 Å². The topological polar surface area (TPSA) is 97.6 Å². The van der Waals surface area contributed by atoms with Crippen molar-refractivity contribution in [2.75, 3.05) is 11.9 Å². The van der Waals surface area contributed by atoms with Crippen LogP contribution in [0.3, 0.4) is 0 Å². The van der Waals surface area contributed by atoms with Gasteiger partial charge in [-0.15, -0.1) is 0 Å². The van der Waals surface area contributed by atoms with Crippen LogP contribution in [0.1, 0.15) is 23.0 Å². The molecule has 3 aromatic rings. The molecular formula is C21H20ClN5O3. The molecule has 0 bridgehead atoms. The molecule has 0 saturated heterocycles. The minimum Gasteiger partial charge on any atom is -0.484 e. The highest BCUT2D eigenvalue weighted by Gasteiger charge is 2.15. The van der Waals surface area contributed by atoms with Crippen LogP contribution < -0.4 is 15.5 Å². The summed E-state index contributed by atoms with van der Waals surface area (Å²) >= 11 is 5.96. The van der Waals surface area contributed by atoms with E-state index in [9.17, 15) is 9.59 Å². The lowest BCUT2D eigenvalue weighted by Crippen LogP contribution is -2.22. The molecule has 0 aliphatic rings. The molecule has 0 atom stereocenters. The van der Waals surface area contributed by atoms with E-state index in [-0.39, 0.29) is 23.2 Å². The first kappa shape index (κ1) is 21.1. The van der Waals surface area contributed by atoms with E-state index in [1.165, 1.54) is 10.9 Å². The van der Waals surface area contributed by atoms with Gasteiger partial charge in [0, 0.05) is 12.7 Å². The Labute approximate surface area is 178 Å². The molecule has 0 aliphatic heterocycles. The standard InChI is InChI=1S/C21H20ClN5O3/c1-14(25-26-21(29)20-18(22)12-23-27(20)2)15-7-6-8-16(11-15)24-19(28)13-30-17-9-4-3-5-10-17/h3-12H,13H2,1-2H3,(H,24,28)(H,26,29)/b25-14+. The molecule has 0 radical (unpaired) electrons. The molecule has 0 spiro atoms. The summed E-state index contributed by atoms with van der Waals surface area (Å²) in [5, 5.41) is 11.0. The van der Waals surface area contributed by atoms with Crippen LogP contribution >= 0.6 is 11.6 Å². The van der Waals surface area contributed by atoms with Gasteiger partial charge in [-0.1, -0.05) is 41.9 Å². The highest BCUT2D eigenvalue weighted by molar-refractivity contribution is 6.33. The number of ether oxygens (including phenoxy) is 1. The summed E-state index contributed by atoms with van der Waals surface area (Å²) in [6, 6.07) is 16.2. The van der Waals surface area contributed by atoms with E-state index >= 15 is 0 Å². The van der Waals surface area contributed by atoms with E-state index in [0.717, 1.165) is 5.56 Å². The van der Waals surface area contributed by atoms with Crippen LogP contribution in [0.5, 0.6) is 5.75 Å². The van der Waals surface area contributed by atoms with E-state index < -0.39 is 5.91 Å². The lowest BCUT2D eigenvalue weighted by molar-refractivity contribution is -0.118. The molecule has 2 aromatic carbocycles. The number of nitrogens with zero attached hydrogens (tertiary/aromatic N) is 3. The monoisotopic (exact) mass is 425 g/mol. The van der Waals surface area contributed by atoms with Crippen LogP contribution in [-0.4, -0.2) is 33.9 Å². The molecule has 154 valence electrons. The van der Waals surface area contributed by atoms with E-state index in [1.54, 1.807) is 44.3 Å². The molecule has 0 saturated carbocycles. The number of para-hydroxylation sites is 1. The van der Waals surface area contributed by atoms with Crippen molar-refractivity contribution < 1.29 is 14.3 Å². The Morgan fingerprint density at radius 1 is 1.17 bits per heavy atom. The van der Waals surface area contributed by atoms with E-state index in [1.807, 2.05) is 24.3 Å². The van der Waals surface area contributed by atoms with Crippen LogP contribution in [0, 0.1) is 0 Å². The molecule has 1 heterocycles. The number of nitrogens with one attached hydrogen (secondary N) is 2. The third kappa shape index (κ3) is 5.45. The van der Waals surface area contributed by atoms with Gasteiger partial charge in [-0.2, -0.15) is 10.2 Å². The molecular weight excluding hydrogens is 406 g/mol. The molecule has 0 fully saturated rings. The van der Waals surface area contributed by atoms with Crippen molar-refractivity contribution in [2.24, 2.45) is 12.1 Å². The highest BCUT2D eigenvalue weighted by Crippen LogP contribution is 2.15. The van der Waals surface area contributed by atoms with Gasteiger partial charge in [-0.3, -0.25) is 14.3 Å². The number of halogens is 1. The normalized spacial score (nSPS) is 11.1. The minimum atomic E-state index is -0.470. The number of carbonyl (C=O) groups excluding carboxylic acids is 2. The van der Waals surface area contributed by atoms with Crippen molar-refractivity contribution in [1.29, 1.82) is 0 Å². The average molecular weight is 426 g/mol. The van der Waals surface area contributed by atoms with Gasteiger partial charge in [0.05, 0.1) is 16.9 Å². The Morgan fingerprint density at radius 3 is 2.63 bits per heavy atom. The predicted octanol–water partition coefficient (Wildman–Crippen LogP) is 3.25. The zero-order chi connectivity index (χ0) is 21.5. The van der Waals surface area contributed by atoms with Gasteiger partial charge >= 0.3 is 0 Å². The molecule has 3 rings (SSSR count). The lowest BCUT2D eigenvalue weighted by atomic mass is 10.1. The smallest absolute Gasteiger partial charge is 0.291 e. The lowest BCUT2D eigenvalue weighted by Gasteiger charge is -2.09. The zero-order valence-electron chi connectivity index (χ0n) is 16.4. The molecule has 1 aromatic heterocycles. The van der Waals surface area contributed by atoms with Crippen LogP contribution in [0.15, 0.2) is 65.9 Å². The summed E-state index contributed by atoms with van der Waals surface area (Å²) in [5.41, 5.74) is 4.55. The average Bonchev–Trinajstić information content (AvgIpc) is 3.09. The predicted molar refractivity (Wildman–Crippen MR) is 115 cm³/mol. The van der Waals surface area contributed by atoms with Crippen molar-refractivity contribution in [3.05, 3.63) is 77.1 Å². The van der Waals surface area contributed by atoms with Crippen LogP contribution in [0.2, 0.25) is 5.02 Å². The summed E-state index contributed by atoms with van der Waals surface area (Å²) in [6.07, 6.45) is 1.39. The fourth-order valence-corrected chi connectivity index (χ4v) is 2.85. The van der Waals surface area contributed by atoms with Crippen LogP contribution in [0.25, 0.3) is 0 Å². The maximum atomic E-state index is 12.3. The second-order valence-electron chi connectivity index (χ2n) is 6.33. The van der Waals surface area contributed by atoms with Crippen molar-refractivity contribution in [1.82, 2.24) is 15.2 Å². The van der Waals surface area contributed by atoms with Gasteiger partial charge in [0.25, 0.3) is 11.8 Å². The number of anilines is 1. The fraction of sp³-hybridized carbons (Fsp3) is 0.143. The summed E-state index contributed by atoms with van der Waals surface area (Å²) in [5.74, 6) is -0.139. The summed E-state index contributed by atoms with van der Waals surface area (Å²) in [7, 11) is 1.62. The minimum absolute atomic E-state index is 0.108. The highest BCUT2D eigenvalue weighted by atomic mass is 35.5. The van der Waals surface area contributed by atoms with Crippen molar-refractivity contribution >= 4 is 34.8 Å².